The Hall–Kier alpha value is -1.56. The van der Waals surface area contributed by atoms with Crippen molar-refractivity contribution in [1.29, 1.82) is 0 Å². The third-order valence-corrected chi connectivity index (χ3v) is 7.44. The van der Waals surface area contributed by atoms with Crippen LogP contribution >= 0.6 is 0 Å². The maximum absolute atomic E-state index is 2.68. The quantitative estimate of drug-likeness (QED) is 0.556. The summed E-state index contributed by atoms with van der Waals surface area (Å²) in [4.78, 5) is 0. The molecule has 0 aromatic heterocycles. The van der Waals surface area contributed by atoms with E-state index in [1.165, 1.54) is 44.9 Å². The van der Waals surface area contributed by atoms with E-state index < -0.39 is 0 Å². The summed E-state index contributed by atoms with van der Waals surface area (Å²) in [7, 11) is 0. The van der Waals surface area contributed by atoms with E-state index in [0.29, 0.717) is 0 Å². The minimum absolute atomic E-state index is 0.769. The van der Waals surface area contributed by atoms with Gasteiger partial charge in [-0.25, -0.2) is 0 Å². The standard InChI is InChI=1S/C22H20/c1-5-13-9-15-7-3-12-4-8-16-10-14-6-2-11(1)17-19(13)21(15)18(12)22(16)20(14)17/h5,7,10-12,14H,1-4,6,8-9H2. The third kappa shape index (κ3) is 1.01. The van der Waals surface area contributed by atoms with E-state index >= 15 is 0 Å². The fourth-order valence-corrected chi connectivity index (χ4v) is 6.65. The lowest BCUT2D eigenvalue weighted by molar-refractivity contribution is 0.524. The molecule has 0 N–H and O–H groups in total. The molecule has 0 saturated heterocycles. The Morgan fingerprint density at radius 2 is 1.45 bits per heavy atom. The minimum atomic E-state index is 0.769. The highest BCUT2D eigenvalue weighted by molar-refractivity contribution is 6.01. The van der Waals surface area contributed by atoms with Crippen LogP contribution in [0.3, 0.4) is 0 Å². The van der Waals surface area contributed by atoms with Crippen molar-refractivity contribution in [2.75, 3.05) is 0 Å². The second-order valence-electron chi connectivity index (χ2n) is 8.28. The Bertz CT molecular complexity index is 874. The van der Waals surface area contributed by atoms with Gasteiger partial charge in [0.1, 0.15) is 0 Å². The van der Waals surface area contributed by atoms with Crippen molar-refractivity contribution in [3.63, 3.8) is 0 Å². The van der Waals surface area contributed by atoms with Crippen LogP contribution in [0.25, 0.3) is 16.7 Å². The average Bonchev–Trinajstić information content (AvgIpc) is 3.12. The van der Waals surface area contributed by atoms with Crippen LogP contribution in [0.15, 0.2) is 18.2 Å². The fourth-order valence-electron chi connectivity index (χ4n) is 6.65. The highest BCUT2D eigenvalue weighted by atomic mass is 14.5. The Morgan fingerprint density at radius 1 is 0.682 bits per heavy atom. The summed E-state index contributed by atoms with van der Waals surface area (Å²) in [6.45, 7) is 0. The lowest BCUT2D eigenvalue weighted by Crippen LogP contribution is -2.21. The molecule has 0 aliphatic heterocycles. The van der Waals surface area contributed by atoms with Gasteiger partial charge in [-0.15, -0.1) is 0 Å². The van der Waals surface area contributed by atoms with Gasteiger partial charge in [-0.1, -0.05) is 18.2 Å². The Labute approximate surface area is 131 Å². The summed E-state index contributed by atoms with van der Waals surface area (Å²) < 4.78 is 0. The number of hydrogen-bond donors (Lipinski definition) is 0. The second kappa shape index (κ2) is 3.35. The molecule has 6 aliphatic carbocycles. The van der Waals surface area contributed by atoms with Crippen molar-refractivity contribution in [3.05, 3.63) is 51.6 Å². The summed E-state index contributed by atoms with van der Waals surface area (Å²) in [5.74, 6) is 2.43. The molecule has 0 amide bonds. The van der Waals surface area contributed by atoms with E-state index in [1.807, 2.05) is 11.1 Å². The summed E-state index contributed by atoms with van der Waals surface area (Å²) in [5.41, 5.74) is 15.8. The lowest BCUT2D eigenvalue weighted by Gasteiger charge is -2.38. The SMILES string of the molecule is C1=C2CC3=CCC4CCC5C=C6CCC(C1)c1c2c3c4c5c16. The van der Waals surface area contributed by atoms with Gasteiger partial charge in [-0.05, 0) is 107 Å². The van der Waals surface area contributed by atoms with Gasteiger partial charge in [-0.2, -0.15) is 0 Å². The zero-order valence-corrected chi connectivity index (χ0v) is 12.9. The van der Waals surface area contributed by atoms with E-state index in [1.54, 1.807) is 39.0 Å². The average molecular weight is 284 g/mol. The van der Waals surface area contributed by atoms with E-state index in [0.717, 1.165) is 17.8 Å². The van der Waals surface area contributed by atoms with Gasteiger partial charge < -0.3 is 0 Å². The van der Waals surface area contributed by atoms with Crippen LogP contribution in [0.1, 0.15) is 96.1 Å². The zero-order chi connectivity index (χ0) is 14.0. The normalized spacial score (nSPS) is 34.4. The maximum Gasteiger partial charge on any atom is 0.00334 e. The van der Waals surface area contributed by atoms with Gasteiger partial charge >= 0.3 is 0 Å². The molecule has 3 unspecified atom stereocenters. The lowest BCUT2D eigenvalue weighted by atomic mass is 9.65. The number of hydrogen-bond acceptors (Lipinski definition) is 0. The van der Waals surface area contributed by atoms with Crippen LogP contribution in [0, 0.1) is 0 Å². The van der Waals surface area contributed by atoms with E-state index in [-0.39, 0.29) is 0 Å². The topological polar surface area (TPSA) is 0 Å². The first kappa shape index (κ1) is 11.0. The van der Waals surface area contributed by atoms with E-state index in [9.17, 15) is 0 Å². The molecule has 7 rings (SSSR count). The maximum atomic E-state index is 2.68. The van der Waals surface area contributed by atoms with Crippen molar-refractivity contribution >= 4 is 16.7 Å². The summed E-state index contributed by atoms with van der Waals surface area (Å²) in [6, 6.07) is 0. The van der Waals surface area contributed by atoms with Gasteiger partial charge in [0, 0.05) is 5.92 Å². The van der Waals surface area contributed by atoms with Crippen LogP contribution in [0.4, 0.5) is 0 Å². The highest BCUT2D eigenvalue weighted by Crippen LogP contribution is 2.64. The van der Waals surface area contributed by atoms with Crippen molar-refractivity contribution in [1.82, 2.24) is 0 Å². The van der Waals surface area contributed by atoms with Gasteiger partial charge in [0.05, 0.1) is 0 Å². The third-order valence-electron chi connectivity index (χ3n) is 7.44. The molecule has 0 fully saturated rings. The smallest absolute Gasteiger partial charge is 0.00334 e. The number of benzene rings is 1. The molecule has 6 aliphatic rings. The van der Waals surface area contributed by atoms with Crippen molar-refractivity contribution < 1.29 is 0 Å². The number of allylic oxidation sites excluding steroid dienone is 6. The predicted octanol–water partition coefficient (Wildman–Crippen LogP) is 5.90. The summed E-state index contributed by atoms with van der Waals surface area (Å²) in [6.07, 6.45) is 17.3. The molecule has 1 aromatic carbocycles. The molecular weight excluding hydrogens is 264 g/mol. The fraction of sp³-hybridized carbons (Fsp3) is 0.455. The minimum Gasteiger partial charge on any atom is -0.0797 e. The van der Waals surface area contributed by atoms with E-state index in [2.05, 4.69) is 18.2 Å². The highest BCUT2D eigenvalue weighted by Gasteiger charge is 2.46. The van der Waals surface area contributed by atoms with Gasteiger partial charge in [0.25, 0.3) is 0 Å². The van der Waals surface area contributed by atoms with Gasteiger partial charge in [-0.3, -0.25) is 0 Å². The Morgan fingerprint density at radius 3 is 2.32 bits per heavy atom. The molecule has 1 aromatic rings. The molecule has 0 heteroatoms. The molecule has 0 bridgehead atoms. The van der Waals surface area contributed by atoms with Gasteiger partial charge in [0.2, 0.25) is 0 Å². The Balaban J connectivity index is 1.74. The largest absolute Gasteiger partial charge is 0.0797 e. The molecule has 22 heavy (non-hydrogen) atoms. The van der Waals surface area contributed by atoms with Crippen molar-refractivity contribution in [2.45, 2.75) is 62.7 Å². The molecule has 0 heterocycles. The Kier molecular flexibility index (Phi) is 1.68. The second-order valence-corrected chi connectivity index (χ2v) is 8.28. The first-order valence-corrected chi connectivity index (χ1v) is 9.23. The number of rotatable bonds is 0. The van der Waals surface area contributed by atoms with Crippen LogP contribution < -0.4 is 0 Å². The first-order chi connectivity index (χ1) is 10.9. The summed E-state index contributed by atoms with van der Waals surface area (Å²) in [5, 5.41) is 0. The molecule has 0 spiro atoms. The van der Waals surface area contributed by atoms with Crippen molar-refractivity contribution in [2.24, 2.45) is 0 Å². The molecule has 0 radical (unpaired) electrons. The molecule has 108 valence electrons. The molecule has 0 nitrogen and oxygen atoms in total. The predicted molar refractivity (Wildman–Crippen MR) is 90.9 cm³/mol. The first-order valence-electron chi connectivity index (χ1n) is 9.23. The van der Waals surface area contributed by atoms with E-state index in [4.69, 9.17) is 0 Å². The summed E-state index contributed by atoms with van der Waals surface area (Å²) >= 11 is 0. The van der Waals surface area contributed by atoms with Crippen LogP contribution in [0.2, 0.25) is 0 Å². The monoisotopic (exact) mass is 284 g/mol. The van der Waals surface area contributed by atoms with Crippen LogP contribution in [-0.4, -0.2) is 0 Å². The van der Waals surface area contributed by atoms with Crippen LogP contribution in [0.5, 0.6) is 0 Å². The van der Waals surface area contributed by atoms with Crippen LogP contribution in [-0.2, 0) is 0 Å². The molecular formula is C22H20. The molecule has 0 saturated carbocycles. The zero-order valence-electron chi connectivity index (χ0n) is 12.9. The van der Waals surface area contributed by atoms with Gasteiger partial charge in [0.15, 0.2) is 0 Å². The van der Waals surface area contributed by atoms with Crippen molar-refractivity contribution in [3.8, 4) is 0 Å². The molecule has 3 atom stereocenters.